The Kier molecular flexibility index (Phi) is 5.97. The maximum atomic E-state index is 5.77. The zero-order chi connectivity index (χ0) is 13.4. The first kappa shape index (κ1) is 14.3. The normalized spacial score (nSPS) is 11.4. The third-order valence-electron chi connectivity index (χ3n) is 2.54. The van der Waals surface area contributed by atoms with Gasteiger partial charge in [-0.05, 0) is 24.1 Å². The van der Waals surface area contributed by atoms with E-state index in [1.165, 1.54) is 0 Å². The van der Waals surface area contributed by atoms with Crippen LogP contribution in [0.4, 0.5) is 5.82 Å². The van der Waals surface area contributed by atoms with Crippen LogP contribution >= 0.6 is 0 Å². The lowest BCUT2D eigenvalue weighted by molar-refractivity contribution is 0.748. The van der Waals surface area contributed by atoms with Gasteiger partial charge in [0.1, 0.15) is 5.82 Å². The van der Waals surface area contributed by atoms with Crippen molar-refractivity contribution in [2.24, 2.45) is 10.7 Å². The molecule has 0 aliphatic heterocycles. The summed E-state index contributed by atoms with van der Waals surface area (Å²) in [5.41, 5.74) is 6.88. The van der Waals surface area contributed by atoms with E-state index in [0.29, 0.717) is 12.5 Å². The number of anilines is 1. The van der Waals surface area contributed by atoms with Crippen LogP contribution < -0.4 is 16.0 Å². The van der Waals surface area contributed by atoms with Crippen molar-refractivity contribution in [2.45, 2.75) is 26.3 Å². The first-order chi connectivity index (χ1) is 8.63. The minimum atomic E-state index is 0.506. The van der Waals surface area contributed by atoms with Crippen molar-refractivity contribution in [2.75, 3.05) is 25.5 Å². The van der Waals surface area contributed by atoms with Crippen LogP contribution in [0.25, 0.3) is 0 Å². The van der Waals surface area contributed by atoms with Crippen LogP contribution in [0.15, 0.2) is 23.3 Å². The van der Waals surface area contributed by atoms with Crippen LogP contribution in [0.5, 0.6) is 0 Å². The number of aromatic nitrogens is 1. The highest BCUT2D eigenvalue weighted by Crippen LogP contribution is 2.10. The average molecular weight is 249 g/mol. The lowest BCUT2D eigenvalue weighted by Gasteiger charge is -2.11. The van der Waals surface area contributed by atoms with E-state index in [9.17, 15) is 0 Å². The van der Waals surface area contributed by atoms with Crippen LogP contribution in [-0.4, -0.2) is 31.6 Å². The topological polar surface area (TPSA) is 66.5 Å². The molecule has 1 rings (SSSR count). The van der Waals surface area contributed by atoms with E-state index in [1.807, 2.05) is 31.1 Å². The van der Waals surface area contributed by atoms with E-state index in [2.05, 4.69) is 22.2 Å². The first-order valence-corrected chi connectivity index (χ1v) is 6.29. The molecule has 0 aliphatic rings. The second-order valence-electron chi connectivity index (χ2n) is 4.40. The SMILES string of the molecule is CCCCNC(N)=NCc1ccnc(N(C)C)c1. The summed E-state index contributed by atoms with van der Waals surface area (Å²) in [6.45, 7) is 3.61. The molecule has 0 spiro atoms. The summed E-state index contributed by atoms with van der Waals surface area (Å²) in [7, 11) is 3.94. The number of nitrogens with one attached hydrogen (secondary N) is 1. The molecule has 1 heterocycles. The van der Waals surface area contributed by atoms with Crippen LogP contribution in [0.1, 0.15) is 25.3 Å². The molecule has 5 nitrogen and oxygen atoms in total. The van der Waals surface area contributed by atoms with Crippen LogP contribution in [0, 0.1) is 0 Å². The number of pyridine rings is 1. The van der Waals surface area contributed by atoms with Crippen molar-refractivity contribution in [3.8, 4) is 0 Å². The molecule has 0 aliphatic carbocycles. The van der Waals surface area contributed by atoms with Gasteiger partial charge in [0.25, 0.3) is 0 Å². The Hall–Kier alpha value is -1.78. The number of unbranched alkanes of at least 4 members (excludes halogenated alkanes) is 1. The van der Waals surface area contributed by atoms with Crippen molar-refractivity contribution < 1.29 is 0 Å². The van der Waals surface area contributed by atoms with Gasteiger partial charge in [0.05, 0.1) is 6.54 Å². The minimum Gasteiger partial charge on any atom is -0.370 e. The molecule has 5 heteroatoms. The predicted molar refractivity (Wildman–Crippen MR) is 76.8 cm³/mol. The lowest BCUT2D eigenvalue weighted by atomic mass is 10.2. The summed E-state index contributed by atoms with van der Waals surface area (Å²) in [6, 6.07) is 3.97. The molecule has 0 amide bonds. The molecule has 0 atom stereocenters. The number of aliphatic imine (C=N–C) groups is 1. The maximum Gasteiger partial charge on any atom is 0.188 e. The van der Waals surface area contributed by atoms with Gasteiger partial charge >= 0.3 is 0 Å². The maximum absolute atomic E-state index is 5.77. The van der Waals surface area contributed by atoms with E-state index in [1.54, 1.807) is 6.20 Å². The molecule has 18 heavy (non-hydrogen) atoms. The summed E-state index contributed by atoms with van der Waals surface area (Å²) in [5, 5.41) is 3.09. The number of hydrogen-bond donors (Lipinski definition) is 2. The standard InChI is InChI=1S/C13H23N5/c1-4-5-7-16-13(14)17-10-11-6-8-15-12(9-11)18(2)3/h6,8-9H,4-5,7,10H2,1-3H3,(H3,14,16,17). The molecular weight excluding hydrogens is 226 g/mol. The van der Waals surface area contributed by atoms with Crippen molar-refractivity contribution in [3.05, 3.63) is 23.9 Å². The fraction of sp³-hybridized carbons (Fsp3) is 0.538. The fourth-order valence-electron chi connectivity index (χ4n) is 1.43. The van der Waals surface area contributed by atoms with Crippen molar-refractivity contribution >= 4 is 11.8 Å². The van der Waals surface area contributed by atoms with Gasteiger partial charge in [0.2, 0.25) is 0 Å². The Morgan fingerprint density at radius 2 is 2.28 bits per heavy atom. The Bertz CT molecular complexity index is 387. The molecular formula is C13H23N5. The summed E-state index contributed by atoms with van der Waals surface area (Å²) in [4.78, 5) is 10.5. The molecule has 0 saturated heterocycles. The number of nitrogens with two attached hydrogens (primary N) is 1. The van der Waals surface area contributed by atoms with Gasteiger partial charge in [-0.1, -0.05) is 13.3 Å². The van der Waals surface area contributed by atoms with Gasteiger partial charge in [-0.15, -0.1) is 0 Å². The van der Waals surface area contributed by atoms with Gasteiger partial charge in [0.15, 0.2) is 5.96 Å². The van der Waals surface area contributed by atoms with Gasteiger partial charge in [-0.25, -0.2) is 9.98 Å². The molecule has 3 N–H and O–H groups in total. The lowest BCUT2D eigenvalue weighted by Crippen LogP contribution is -2.32. The zero-order valence-electron chi connectivity index (χ0n) is 11.5. The van der Waals surface area contributed by atoms with Gasteiger partial charge < -0.3 is 16.0 Å². The van der Waals surface area contributed by atoms with Crippen molar-refractivity contribution in [1.29, 1.82) is 0 Å². The molecule has 0 aromatic carbocycles. The highest BCUT2D eigenvalue weighted by Gasteiger charge is 1.99. The molecule has 100 valence electrons. The van der Waals surface area contributed by atoms with E-state index >= 15 is 0 Å². The molecule has 0 unspecified atom stereocenters. The minimum absolute atomic E-state index is 0.506. The Morgan fingerprint density at radius 1 is 1.50 bits per heavy atom. The van der Waals surface area contributed by atoms with Crippen molar-refractivity contribution in [1.82, 2.24) is 10.3 Å². The monoisotopic (exact) mass is 249 g/mol. The van der Waals surface area contributed by atoms with Crippen LogP contribution in [0.2, 0.25) is 0 Å². The molecule has 0 fully saturated rings. The van der Waals surface area contributed by atoms with Gasteiger partial charge in [0, 0.05) is 26.8 Å². The molecule has 0 saturated carbocycles. The quantitative estimate of drug-likeness (QED) is 0.454. The molecule has 1 aromatic rings. The summed E-state index contributed by atoms with van der Waals surface area (Å²) in [5.74, 6) is 1.44. The summed E-state index contributed by atoms with van der Waals surface area (Å²) >= 11 is 0. The third kappa shape index (κ3) is 5.03. The van der Waals surface area contributed by atoms with Crippen LogP contribution in [0.3, 0.4) is 0 Å². The average Bonchev–Trinajstić information content (AvgIpc) is 2.37. The highest BCUT2D eigenvalue weighted by molar-refractivity contribution is 5.77. The summed E-state index contributed by atoms with van der Waals surface area (Å²) < 4.78 is 0. The van der Waals surface area contributed by atoms with Crippen LogP contribution in [-0.2, 0) is 6.54 Å². The van der Waals surface area contributed by atoms with E-state index in [4.69, 9.17) is 5.73 Å². The second kappa shape index (κ2) is 7.53. The Morgan fingerprint density at radius 3 is 2.94 bits per heavy atom. The van der Waals surface area contributed by atoms with E-state index in [-0.39, 0.29) is 0 Å². The van der Waals surface area contributed by atoms with Crippen molar-refractivity contribution in [3.63, 3.8) is 0 Å². The second-order valence-corrected chi connectivity index (χ2v) is 4.40. The Balaban J connectivity index is 2.51. The van der Waals surface area contributed by atoms with Gasteiger partial charge in [-0.2, -0.15) is 0 Å². The predicted octanol–water partition coefficient (Wildman–Crippen LogP) is 1.35. The fourth-order valence-corrected chi connectivity index (χ4v) is 1.43. The highest BCUT2D eigenvalue weighted by atomic mass is 15.1. The smallest absolute Gasteiger partial charge is 0.188 e. The number of rotatable bonds is 6. The van der Waals surface area contributed by atoms with E-state index < -0.39 is 0 Å². The largest absolute Gasteiger partial charge is 0.370 e. The number of hydrogen-bond acceptors (Lipinski definition) is 3. The zero-order valence-corrected chi connectivity index (χ0v) is 11.5. The third-order valence-corrected chi connectivity index (χ3v) is 2.54. The Labute approximate surface area is 109 Å². The summed E-state index contributed by atoms with van der Waals surface area (Å²) in [6.07, 6.45) is 4.05. The van der Waals surface area contributed by atoms with Gasteiger partial charge in [-0.3, -0.25) is 0 Å². The number of guanidine groups is 1. The molecule has 0 bridgehead atoms. The number of nitrogens with zero attached hydrogens (tertiary/aromatic N) is 3. The first-order valence-electron chi connectivity index (χ1n) is 6.29. The van der Waals surface area contributed by atoms with E-state index in [0.717, 1.165) is 30.8 Å². The molecule has 0 radical (unpaired) electrons. The molecule has 1 aromatic heterocycles.